The van der Waals surface area contributed by atoms with E-state index in [-0.39, 0.29) is 11.4 Å². The maximum atomic E-state index is 15.0. The third-order valence-corrected chi connectivity index (χ3v) is 6.49. The van der Waals surface area contributed by atoms with Gasteiger partial charge in [-0.1, -0.05) is 30.3 Å². The maximum absolute atomic E-state index is 15.0. The third kappa shape index (κ3) is 6.29. The maximum Gasteiger partial charge on any atom is 0.313 e. The van der Waals surface area contributed by atoms with E-state index in [1.807, 2.05) is 30.3 Å². The van der Waals surface area contributed by atoms with E-state index in [1.165, 1.54) is 19.2 Å². The van der Waals surface area contributed by atoms with E-state index in [9.17, 15) is 14.0 Å². The molecule has 3 aromatic carbocycles. The van der Waals surface area contributed by atoms with E-state index in [2.05, 4.69) is 20.9 Å². The predicted octanol–water partition coefficient (Wildman–Crippen LogP) is 4.07. The molecule has 5 rings (SSSR count). The van der Waals surface area contributed by atoms with Crippen LogP contribution in [0.2, 0.25) is 0 Å². The Labute approximate surface area is 230 Å². The molecule has 0 unspecified atom stereocenters. The van der Waals surface area contributed by atoms with Gasteiger partial charge in [-0.3, -0.25) is 14.6 Å². The molecule has 1 aliphatic rings. The van der Waals surface area contributed by atoms with Crippen molar-refractivity contribution in [1.29, 1.82) is 0 Å². The van der Waals surface area contributed by atoms with Crippen molar-refractivity contribution >= 4 is 28.4 Å². The van der Waals surface area contributed by atoms with Crippen molar-refractivity contribution in [2.45, 2.75) is 6.42 Å². The zero-order valence-electron chi connectivity index (χ0n) is 21.9. The van der Waals surface area contributed by atoms with Crippen molar-refractivity contribution in [3.05, 3.63) is 84.3 Å². The molecule has 4 aromatic rings. The summed E-state index contributed by atoms with van der Waals surface area (Å²) < 4.78 is 32.4. The molecule has 10 heteroatoms. The fraction of sp³-hybridized carbons (Fsp3) is 0.233. The smallest absolute Gasteiger partial charge is 0.313 e. The van der Waals surface area contributed by atoms with Crippen LogP contribution in [0, 0.1) is 11.7 Å². The summed E-state index contributed by atoms with van der Waals surface area (Å²) >= 11 is 0. The molecule has 0 atom stereocenters. The quantitative estimate of drug-likeness (QED) is 0.258. The number of pyridine rings is 1. The molecule has 0 saturated carbocycles. The Morgan fingerprint density at radius 3 is 2.52 bits per heavy atom. The first kappa shape index (κ1) is 26.9. The van der Waals surface area contributed by atoms with Gasteiger partial charge in [-0.05, 0) is 42.3 Å². The van der Waals surface area contributed by atoms with Gasteiger partial charge in [-0.2, -0.15) is 0 Å². The minimum absolute atomic E-state index is 0.0606. The van der Waals surface area contributed by atoms with Gasteiger partial charge in [0.1, 0.15) is 11.3 Å². The van der Waals surface area contributed by atoms with Gasteiger partial charge in [0, 0.05) is 48.9 Å². The molecule has 0 radical (unpaired) electrons. The highest BCUT2D eigenvalue weighted by Crippen LogP contribution is 2.39. The van der Waals surface area contributed by atoms with Crippen molar-refractivity contribution in [2.24, 2.45) is 5.92 Å². The van der Waals surface area contributed by atoms with Crippen molar-refractivity contribution in [1.82, 2.24) is 15.6 Å². The number of methoxy groups -OCH3 is 1. The Hall–Kier alpha value is -4.70. The molecular weight excluding hydrogens is 515 g/mol. The number of hydrogen-bond donors (Lipinski definition) is 3. The van der Waals surface area contributed by atoms with Gasteiger partial charge in [0.25, 0.3) is 0 Å². The first-order valence-electron chi connectivity index (χ1n) is 12.9. The number of aromatic nitrogens is 1. The zero-order chi connectivity index (χ0) is 27.9. The second-order valence-corrected chi connectivity index (χ2v) is 9.33. The van der Waals surface area contributed by atoms with Crippen molar-refractivity contribution in [3.63, 3.8) is 0 Å². The van der Waals surface area contributed by atoms with Crippen LogP contribution in [0.4, 0.5) is 10.1 Å². The highest BCUT2D eigenvalue weighted by atomic mass is 19.1. The summed E-state index contributed by atoms with van der Waals surface area (Å²) in [4.78, 5) is 28.8. The van der Waals surface area contributed by atoms with Crippen LogP contribution in [0.25, 0.3) is 10.9 Å². The number of carbonyl (C=O) groups is 2. The van der Waals surface area contributed by atoms with E-state index in [0.717, 1.165) is 24.7 Å². The molecule has 0 bridgehead atoms. The molecular formula is C30H29FN4O5. The Balaban J connectivity index is 1.23. The number of carbonyl (C=O) groups excluding carboxylic acids is 2. The minimum atomic E-state index is -0.889. The predicted molar refractivity (Wildman–Crippen MR) is 148 cm³/mol. The molecule has 1 saturated heterocycles. The lowest BCUT2D eigenvalue weighted by Crippen LogP contribution is -2.45. The summed E-state index contributed by atoms with van der Waals surface area (Å²) in [5.41, 5.74) is 1.68. The monoisotopic (exact) mass is 544 g/mol. The van der Waals surface area contributed by atoms with Crippen LogP contribution in [0.15, 0.2) is 72.9 Å². The first-order chi connectivity index (χ1) is 19.5. The van der Waals surface area contributed by atoms with Gasteiger partial charge in [0.2, 0.25) is 0 Å². The second-order valence-electron chi connectivity index (χ2n) is 9.33. The zero-order valence-corrected chi connectivity index (χ0v) is 21.9. The number of anilines is 1. The molecule has 9 nitrogen and oxygen atoms in total. The summed E-state index contributed by atoms with van der Waals surface area (Å²) in [6.07, 6.45) is 2.13. The summed E-state index contributed by atoms with van der Waals surface area (Å²) in [6.45, 7) is 2.70. The molecule has 1 aromatic heterocycles. The number of fused-ring (bicyclic) bond motifs is 1. The molecule has 3 N–H and O–H groups in total. The largest absolute Gasteiger partial charge is 0.491 e. The van der Waals surface area contributed by atoms with Gasteiger partial charge in [0.15, 0.2) is 23.1 Å². The Kier molecular flexibility index (Phi) is 8.36. The molecule has 2 heterocycles. The molecule has 40 heavy (non-hydrogen) atoms. The number of amides is 2. The van der Waals surface area contributed by atoms with Crippen LogP contribution in [0.5, 0.6) is 23.0 Å². The first-order valence-corrected chi connectivity index (χ1v) is 12.9. The number of nitrogens with zero attached hydrogens (tertiary/aromatic N) is 1. The van der Waals surface area contributed by atoms with E-state index in [4.69, 9.17) is 14.2 Å². The summed E-state index contributed by atoms with van der Waals surface area (Å²) in [5, 5.41) is 8.80. The number of halogens is 1. The highest BCUT2D eigenvalue weighted by molar-refractivity contribution is 6.39. The fourth-order valence-electron chi connectivity index (χ4n) is 4.24. The van der Waals surface area contributed by atoms with Crippen LogP contribution in [-0.4, -0.2) is 50.1 Å². The number of nitrogens with one attached hydrogen (secondary N) is 3. The average molecular weight is 545 g/mol. The molecule has 2 amide bonds. The van der Waals surface area contributed by atoms with E-state index in [0.29, 0.717) is 53.6 Å². The Morgan fingerprint density at radius 2 is 1.80 bits per heavy atom. The van der Waals surface area contributed by atoms with Crippen LogP contribution in [0.3, 0.4) is 0 Å². The lowest BCUT2D eigenvalue weighted by Gasteiger charge is -2.27. The van der Waals surface area contributed by atoms with Crippen LogP contribution in [0.1, 0.15) is 5.56 Å². The van der Waals surface area contributed by atoms with E-state index >= 15 is 0 Å². The van der Waals surface area contributed by atoms with Crippen LogP contribution >= 0.6 is 0 Å². The standard InChI is InChI=1S/C30H29FN4O5/c1-38-28-26(39-18-20-16-32-17-20)10-8-22-24(12-14-33-27(22)28)40-25-9-7-21(15-23(25)31)35-30(37)29(36)34-13-11-19-5-3-2-4-6-19/h2-10,12,14-15,20,32H,11,13,16-18H2,1H3,(H,34,36)(H,35,37). The number of ether oxygens (including phenoxy) is 3. The second kappa shape index (κ2) is 12.4. The highest BCUT2D eigenvalue weighted by Gasteiger charge is 2.20. The third-order valence-electron chi connectivity index (χ3n) is 6.49. The van der Waals surface area contributed by atoms with Crippen molar-refractivity contribution in [2.75, 3.05) is 38.7 Å². The molecule has 1 fully saturated rings. The fourth-order valence-corrected chi connectivity index (χ4v) is 4.24. The van der Waals surface area contributed by atoms with Gasteiger partial charge in [-0.25, -0.2) is 4.39 Å². The number of hydrogen-bond acceptors (Lipinski definition) is 7. The number of rotatable bonds is 10. The Bertz CT molecular complexity index is 1510. The summed E-state index contributed by atoms with van der Waals surface area (Å²) in [5.74, 6) is -0.610. The van der Waals surface area contributed by atoms with Gasteiger partial charge < -0.3 is 30.2 Å². The van der Waals surface area contributed by atoms with Gasteiger partial charge in [-0.15, -0.1) is 0 Å². The van der Waals surface area contributed by atoms with E-state index in [1.54, 1.807) is 24.4 Å². The normalized spacial score (nSPS) is 12.8. The number of benzene rings is 3. The lowest BCUT2D eigenvalue weighted by atomic mass is 10.1. The Morgan fingerprint density at radius 1 is 1.00 bits per heavy atom. The van der Waals surface area contributed by atoms with Gasteiger partial charge >= 0.3 is 11.8 Å². The SMILES string of the molecule is COc1c(OCC2CNC2)ccc2c(Oc3ccc(NC(=O)C(=O)NCCc4ccccc4)cc3F)ccnc12. The van der Waals surface area contributed by atoms with Crippen LogP contribution < -0.4 is 30.2 Å². The van der Waals surface area contributed by atoms with Crippen LogP contribution in [-0.2, 0) is 16.0 Å². The lowest BCUT2D eigenvalue weighted by molar-refractivity contribution is -0.136. The summed E-state index contributed by atoms with van der Waals surface area (Å²) in [6, 6.07) is 18.7. The van der Waals surface area contributed by atoms with Crippen molar-refractivity contribution in [3.8, 4) is 23.0 Å². The average Bonchev–Trinajstić information content (AvgIpc) is 2.94. The molecule has 0 spiro atoms. The summed E-state index contributed by atoms with van der Waals surface area (Å²) in [7, 11) is 1.54. The minimum Gasteiger partial charge on any atom is -0.491 e. The molecule has 206 valence electrons. The molecule has 0 aliphatic carbocycles. The molecule has 1 aliphatic heterocycles. The van der Waals surface area contributed by atoms with Gasteiger partial charge in [0.05, 0.1) is 13.7 Å². The van der Waals surface area contributed by atoms with Crippen molar-refractivity contribution < 1.29 is 28.2 Å². The topological polar surface area (TPSA) is 111 Å². The van der Waals surface area contributed by atoms with E-state index < -0.39 is 17.6 Å².